The second kappa shape index (κ2) is 14.9. The van der Waals surface area contributed by atoms with Crippen molar-refractivity contribution in [2.75, 3.05) is 33.9 Å². The van der Waals surface area contributed by atoms with E-state index in [1.165, 1.54) is 18.9 Å². The standard InChI is InChI=1S/C41H43F2N3O6/c1-24-28(26-19-36(49-3)32(37(20-26)50-4)23-45-15-5-6-16-45)10-7-11-29(24)30-12-8-13-31(25(30)2)39-44-33-18-27(22-46-17-9-14-34(46)40(47)48)35(52-41(42)43)21-38(33)51-39/h7-8,10-13,18-21,34,41H,5-6,9,14-17,22-23H2,1-4H3,(H,47,48)/t34-/m0/s1. The quantitative estimate of drug-likeness (QED) is 0.136. The average molecular weight is 712 g/mol. The number of rotatable bonds is 12. The van der Waals surface area contributed by atoms with Crippen molar-refractivity contribution in [1.82, 2.24) is 14.8 Å². The molecule has 1 aromatic heterocycles. The number of ether oxygens (including phenoxy) is 3. The molecule has 1 N–H and O–H groups in total. The highest BCUT2D eigenvalue weighted by atomic mass is 19.3. The lowest BCUT2D eigenvalue weighted by atomic mass is 9.89. The number of aromatic nitrogens is 1. The van der Waals surface area contributed by atoms with Gasteiger partial charge in [-0.05, 0) is 117 Å². The van der Waals surface area contributed by atoms with E-state index in [1.54, 1.807) is 25.2 Å². The van der Waals surface area contributed by atoms with Crippen LogP contribution in [-0.2, 0) is 17.9 Å². The van der Waals surface area contributed by atoms with Crippen molar-refractivity contribution in [3.8, 4) is 51.0 Å². The molecule has 272 valence electrons. The Labute approximate surface area is 301 Å². The highest BCUT2D eigenvalue weighted by Gasteiger charge is 2.31. The molecule has 0 spiro atoms. The van der Waals surface area contributed by atoms with E-state index in [9.17, 15) is 18.7 Å². The van der Waals surface area contributed by atoms with Crippen LogP contribution in [0.3, 0.4) is 0 Å². The van der Waals surface area contributed by atoms with E-state index in [0.717, 1.165) is 75.6 Å². The van der Waals surface area contributed by atoms with Crippen LogP contribution in [0.1, 0.15) is 47.9 Å². The van der Waals surface area contributed by atoms with Crippen LogP contribution < -0.4 is 14.2 Å². The lowest BCUT2D eigenvalue weighted by molar-refractivity contribution is -0.142. The molecule has 52 heavy (non-hydrogen) atoms. The monoisotopic (exact) mass is 711 g/mol. The number of nitrogens with zero attached hydrogens (tertiary/aromatic N) is 3. The van der Waals surface area contributed by atoms with E-state index in [-0.39, 0.29) is 12.3 Å². The lowest BCUT2D eigenvalue weighted by Crippen LogP contribution is -2.35. The molecule has 0 saturated carbocycles. The van der Waals surface area contributed by atoms with Gasteiger partial charge in [0.25, 0.3) is 0 Å². The molecule has 0 amide bonds. The summed E-state index contributed by atoms with van der Waals surface area (Å²) in [5, 5.41) is 9.66. The van der Waals surface area contributed by atoms with Crippen molar-refractivity contribution in [3.63, 3.8) is 0 Å². The number of carboxylic acid groups (broad SMARTS) is 1. The van der Waals surface area contributed by atoms with E-state index in [0.29, 0.717) is 41.9 Å². The fourth-order valence-electron chi connectivity index (χ4n) is 7.82. The predicted octanol–water partition coefficient (Wildman–Crippen LogP) is 8.71. The third-order valence-corrected chi connectivity index (χ3v) is 10.5. The molecule has 7 rings (SSSR count). The highest BCUT2D eigenvalue weighted by molar-refractivity contribution is 5.85. The molecule has 2 aliphatic rings. The Bertz CT molecular complexity index is 2080. The predicted molar refractivity (Wildman–Crippen MR) is 195 cm³/mol. The van der Waals surface area contributed by atoms with Crippen LogP contribution in [0.15, 0.2) is 65.1 Å². The maximum absolute atomic E-state index is 13.5. The number of likely N-dealkylation sites (tertiary alicyclic amines) is 2. The van der Waals surface area contributed by atoms with Crippen molar-refractivity contribution in [2.45, 2.75) is 65.3 Å². The fourth-order valence-corrected chi connectivity index (χ4v) is 7.82. The number of fused-ring (bicyclic) bond motifs is 1. The van der Waals surface area contributed by atoms with Crippen LogP contribution in [0.2, 0.25) is 0 Å². The van der Waals surface area contributed by atoms with Crippen LogP contribution in [0.25, 0.3) is 44.8 Å². The number of halogens is 2. The number of alkyl halides is 2. The van der Waals surface area contributed by atoms with Crippen LogP contribution in [-0.4, -0.2) is 72.4 Å². The zero-order chi connectivity index (χ0) is 36.5. The Balaban J connectivity index is 1.24. The van der Waals surface area contributed by atoms with Crippen LogP contribution in [0.5, 0.6) is 17.2 Å². The molecular weight excluding hydrogens is 668 g/mol. The third-order valence-electron chi connectivity index (χ3n) is 10.5. The summed E-state index contributed by atoms with van der Waals surface area (Å²) in [7, 11) is 3.40. The Morgan fingerprint density at radius 3 is 2.13 bits per heavy atom. The second-order valence-corrected chi connectivity index (χ2v) is 13.6. The first kappa shape index (κ1) is 35.4. The molecule has 1 atom stereocenters. The van der Waals surface area contributed by atoms with Crippen molar-refractivity contribution in [1.29, 1.82) is 0 Å². The van der Waals surface area contributed by atoms with Gasteiger partial charge >= 0.3 is 12.6 Å². The number of aliphatic carboxylic acids is 1. The number of oxazole rings is 1. The summed E-state index contributed by atoms with van der Waals surface area (Å²) in [5.41, 5.74) is 9.11. The lowest BCUT2D eigenvalue weighted by Gasteiger charge is -2.22. The number of methoxy groups -OCH3 is 2. The summed E-state index contributed by atoms with van der Waals surface area (Å²) in [4.78, 5) is 20.8. The van der Waals surface area contributed by atoms with Gasteiger partial charge in [0.1, 0.15) is 28.8 Å². The van der Waals surface area contributed by atoms with Crippen molar-refractivity contribution < 1.29 is 37.3 Å². The highest BCUT2D eigenvalue weighted by Crippen LogP contribution is 2.41. The molecule has 2 saturated heterocycles. The van der Waals surface area contributed by atoms with Gasteiger partial charge in [-0.2, -0.15) is 8.78 Å². The molecule has 11 heteroatoms. The van der Waals surface area contributed by atoms with Crippen molar-refractivity contribution >= 4 is 17.1 Å². The van der Waals surface area contributed by atoms with E-state index in [2.05, 4.69) is 42.2 Å². The van der Waals surface area contributed by atoms with Crippen molar-refractivity contribution in [3.05, 3.63) is 82.9 Å². The minimum atomic E-state index is -3.06. The molecule has 0 aliphatic carbocycles. The molecule has 2 fully saturated rings. The van der Waals surface area contributed by atoms with Gasteiger partial charge in [-0.15, -0.1) is 0 Å². The molecule has 4 aromatic carbocycles. The second-order valence-electron chi connectivity index (χ2n) is 13.6. The Morgan fingerprint density at radius 2 is 1.50 bits per heavy atom. The van der Waals surface area contributed by atoms with Gasteiger partial charge in [0.2, 0.25) is 5.89 Å². The average Bonchev–Trinajstić information content (AvgIpc) is 3.90. The van der Waals surface area contributed by atoms with Gasteiger partial charge in [0, 0.05) is 30.3 Å². The molecular formula is C41H43F2N3O6. The normalized spacial score (nSPS) is 16.6. The van der Waals surface area contributed by atoms with Gasteiger partial charge in [-0.3, -0.25) is 14.6 Å². The first-order chi connectivity index (χ1) is 25.1. The molecule has 0 unspecified atom stereocenters. The Kier molecular flexibility index (Phi) is 10.2. The smallest absolute Gasteiger partial charge is 0.387 e. The molecule has 3 heterocycles. The van der Waals surface area contributed by atoms with Gasteiger partial charge in [0.05, 0.1) is 19.8 Å². The minimum absolute atomic E-state index is 0.0588. The summed E-state index contributed by atoms with van der Waals surface area (Å²) < 4.78 is 49.9. The number of benzene rings is 4. The SMILES string of the molecule is COc1cc(-c2cccc(-c3cccc(-c4nc5cc(CN6CCC[C@H]6C(=O)O)c(OC(F)F)cc5o4)c3C)c2C)cc(OC)c1CN1CCCC1. The molecule has 0 bridgehead atoms. The van der Waals surface area contributed by atoms with Crippen LogP contribution >= 0.6 is 0 Å². The summed E-state index contributed by atoms with van der Waals surface area (Å²) >= 11 is 0. The van der Waals surface area contributed by atoms with Crippen LogP contribution in [0, 0.1) is 13.8 Å². The van der Waals surface area contributed by atoms with E-state index >= 15 is 0 Å². The fraction of sp³-hybridized carbons (Fsp3) is 0.366. The van der Waals surface area contributed by atoms with Gasteiger partial charge < -0.3 is 23.7 Å². The summed E-state index contributed by atoms with van der Waals surface area (Å²) in [6.07, 6.45) is 3.62. The topological polar surface area (TPSA) is 97.5 Å². The molecule has 0 radical (unpaired) electrons. The number of carboxylic acids is 1. The zero-order valence-electron chi connectivity index (χ0n) is 29.9. The first-order valence-corrected chi connectivity index (χ1v) is 17.7. The molecule has 5 aromatic rings. The summed E-state index contributed by atoms with van der Waals surface area (Å²) in [6.45, 7) is 4.67. The number of carbonyl (C=O) groups is 1. The largest absolute Gasteiger partial charge is 0.496 e. The number of hydrogen-bond acceptors (Lipinski definition) is 8. The molecule has 2 aliphatic heterocycles. The van der Waals surface area contributed by atoms with E-state index < -0.39 is 18.6 Å². The summed E-state index contributed by atoms with van der Waals surface area (Å²) in [6, 6.07) is 18.8. The first-order valence-electron chi connectivity index (χ1n) is 17.7. The Hall–Kier alpha value is -5.00. The van der Waals surface area contributed by atoms with E-state index in [4.69, 9.17) is 23.6 Å². The van der Waals surface area contributed by atoms with Crippen LogP contribution in [0.4, 0.5) is 8.78 Å². The van der Waals surface area contributed by atoms with Gasteiger partial charge in [0.15, 0.2) is 5.58 Å². The third kappa shape index (κ3) is 6.95. The number of hydrogen-bond donors (Lipinski definition) is 1. The van der Waals surface area contributed by atoms with E-state index in [1.807, 2.05) is 25.1 Å². The minimum Gasteiger partial charge on any atom is -0.496 e. The maximum atomic E-state index is 13.5. The maximum Gasteiger partial charge on any atom is 0.387 e. The van der Waals surface area contributed by atoms with Gasteiger partial charge in [-0.25, -0.2) is 4.98 Å². The Morgan fingerprint density at radius 1 is 0.865 bits per heavy atom. The van der Waals surface area contributed by atoms with Gasteiger partial charge in [-0.1, -0.05) is 30.3 Å². The molecule has 9 nitrogen and oxygen atoms in total. The van der Waals surface area contributed by atoms with Crippen molar-refractivity contribution in [2.24, 2.45) is 0 Å². The summed E-state index contributed by atoms with van der Waals surface area (Å²) in [5.74, 6) is 0.952. The zero-order valence-corrected chi connectivity index (χ0v) is 29.9.